The molecule has 276 valence electrons. The zero-order valence-corrected chi connectivity index (χ0v) is 30.3. The van der Waals surface area contributed by atoms with E-state index < -0.39 is 29.7 Å². The Morgan fingerprint density at radius 3 is 2.31 bits per heavy atom. The van der Waals surface area contributed by atoms with Crippen LogP contribution < -0.4 is 20.1 Å². The number of piperazine rings is 1. The molecule has 8 rings (SSSR count). The van der Waals surface area contributed by atoms with E-state index in [-0.39, 0.29) is 29.7 Å². The molecule has 4 aromatic carbocycles. The van der Waals surface area contributed by atoms with Gasteiger partial charge >= 0.3 is 0 Å². The molecular formula is C41H39N5O7S. The van der Waals surface area contributed by atoms with Crippen molar-refractivity contribution in [3.8, 4) is 33.4 Å². The van der Waals surface area contributed by atoms with Crippen LogP contribution in [0.2, 0.25) is 0 Å². The number of ether oxygens (including phenoxy) is 2. The number of fused-ring (bicyclic) bond motifs is 2. The highest BCUT2D eigenvalue weighted by Gasteiger charge is 2.45. The van der Waals surface area contributed by atoms with Crippen LogP contribution in [0.4, 0.5) is 5.69 Å². The van der Waals surface area contributed by atoms with Gasteiger partial charge in [-0.15, -0.1) is 11.3 Å². The van der Waals surface area contributed by atoms with Gasteiger partial charge < -0.3 is 19.9 Å². The quantitative estimate of drug-likeness (QED) is 0.139. The van der Waals surface area contributed by atoms with Gasteiger partial charge in [0.25, 0.3) is 11.8 Å². The predicted octanol–water partition coefficient (Wildman–Crippen LogP) is 5.58. The molecular weight excluding hydrogens is 707 g/mol. The van der Waals surface area contributed by atoms with E-state index in [0.717, 1.165) is 76.2 Å². The smallest absolute Gasteiger partial charge is 0.264 e. The molecule has 1 aromatic heterocycles. The second-order valence-corrected chi connectivity index (χ2v) is 14.6. The molecule has 0 aliphatic carbocycles. The molecule has 13 heteroatoms. The molecule has 3 aliphatic heterocycles. The van der Waals surface area contributed by atoms with Gasteiger partial charge in [0.15, 0.2) is 5.75 Å². The highest BCUT2D eigenvalue weighted by atomic mass is 32.1. The van der Waals surface area contributed by atoms with E-state index in [2.05, 4.69) is 32.6 Å². The van der Waals surface area contributed by atoms with E-state index in [9.17, 15) is 24.3 Å². The Morgan fingerprint density at radius 2 is 1.56 bits per heavy atom. The van der Waals surface area contributed by atoms with Gasteiger partial charge in [-0.05, 0) is 66.6 Å². The highest BCUT2D eigenvalue weighted by Crippen LogP contribution is 2.47. The predicted molar refractivity (Wildman–Crippen MR) is 205 cm³/mol. The Labute approximate surface area is 315 Å². The van der Waals surface area contributed by atoms with Crippen molar-refractivity contribution in [3.63, 3.8) is 0 Å². The van der Waals surface area contributed by atoms with Gasteiger partial charge in [0.1, 0.15) is 29.9 Å². The molecule has 4 amide bonds. The Balaban J connectivity index is 0.790. The fourth-order valence-electron chi connectivity index (χ4n) is 7.20. The van der Waals surface area contributed by atoms with Crippen LogP contribution in [-0.2, 0) is 9.59 Å². The van der Waals surface area contributed by atoms with Crippen LogP contribution in [0.3, 0.4) is 0 Å². The Hall–Kier alpha value is -5.76. The first-order valence-corrected chi connectivity index (χ1v) is 18.9. The van der Waals surface area contributed by atoms with Gasteiger partial charge in [-0.2, -0.15) is 0 Å². The lowest BCUT2D eigenvalue weighted by Gasteiger charge is -2.34. The maximum absolute atomic E-state index is 13.4. The lowest BCUT2D eigenvalue weighted by Crippen LogP contribution is -2.54. The number of piperidine rings is 1. The molecule has 1 unspecified atom stereocenters. The number of anilines is 1. The van der Waals surface area contributed by atoms with E-state index in [4.69, 9.17) is 9.47 Å². The van der Waals surface area contributed by atoms with Crippen molar-refractivity contribution in [2.75, 3.05) is 57.7 Å². The molecule has 0 bridgehead atoms. The number of hydrogen-bond donors (Lipinski definition) is 3. The second-order valence-electron chi connectivity index (χ2n) is 13.5. The molecule has 3 N–H and O–H groups in total. The average molecular weight is 746 g/mol. The van der Waals surface area contributed by atoms with Crippen molar-refractivity contribution >= 4 is 50.7 Å². The van der Waals surface area contributed by atoms with Crippen molar-refractivity contribution in [2.24, 2.45) is 0 Å². The maximum atomic E-state index is 13.4. The zero-order valence-electron chi connectivity index (χ0n) is 29.5. The van der Waals surface area contributed by atoms with E-state index in [1.165, 1.54) is 0 Å². The first-order chi connectivity index (χ1) is 26.3. The lowest BCUT2D eigenvalue weighted by atomic mass is 10.0. The minimum absolute atomic E-state index is 0.0824. The summed E-state index contributed by atoms with van der Waals surface area (Å²) in [6, 6.07) is 27.2. The third-order valence-electron chi connectivity index (χ3n) is 10.1. The second kappa shape index (κ2) is 15.3. The number of benzene rings is 4. The topological polar surface area (TPSA) is 141 Å². The molecule has 0 radical (unpaired) electrons. The monoisotopic (exact) mass is 745 g/mol. The third-order valence-corrected chi connectivity index (χ3v) is 11.2. The fourth-order valence-corrected chi connectivity index (χ4v) is 8.37. The molecule has 0 saturated carbocycles. The van der Waals surface area contributed by atoms with E-state index >= 15 is 0 Å². The van der Waals surface area contributed by atoms with Crippen LogP contribution in [-0.4, -0.2) is 102 Å². The average Bonchev–Trinajstić information content (AvgIpc) is 3.66. The molecule has 0 spiro atoms. The van der Waals surface area contributed by atoms with Gasteiger partial charge in [-0.1, -0.05) is 36.4 Å². The molecule has 12 nitrogen and oxygen atoms in total. The van der Waals surface area contributed by atoms with Gasteiger partial charge in [0.05, 0.1) is 16.0 Å². The van der Waals surface area contributed by atoms with Crippen LogP contribution in [0, 0.1) is 0 Å². The van der Waals surface area contributed by atoms with Crippen LogP contribution in [0.15, 0.2) is 91.0 Å². The summed E-state index contributed by atoms with van der Waals surface area (Å²) in [5.74, 6) is 0.407. The normalized spacial score (nSPS) is 17.9. The van der Waals surface area contributed by atoms with Crippen LogP contribution in [0.5, 0.6) is 23.0 Å². The van der Waals surface area contributed by atoms with Gasteiger partial charge in [-0.25, -0.2) is 0 Å². The number of carbonyl (C=O) groups excluding carboxylic acids is 4. The molecule has 54 heavy (non-hydrogen) atoms. The van der Waals surface area contributed by atoms with E-state index in [1.807, 2.05) is 48.5 Å². The number of imide groups is 2. The number of amides is 4. The van der Waals surface area contributed by atoms with Crippen molar-refractivity contribution < 1.29 is 33.8 Å². The number of phenolic OH excluding ortho intramolecular Hbond substituents is 1. The van der Waals surface area contributed by atoms with Crippen LogP contribution >= 0.6 is 11.3 Å². The molecule has 4 heterocycles. The summed E-state index contributed by atoms with van der Waals surface area (Å²) >= 11 is 1.59. The Morgan fingerprint density at radius 1 is 0.815 bits per heavy atom. The number of thiophene rings is 1. The fraction of sp³-hybridized carbons (Fsp3) is 0.268. The van der Waals surface area contributed by atoms with E-state index in [0.29, 0.717) is 24.6 Å². The van der Waals surface area contributed by atoms with E-state index in [1.54, 1.807) is 41.7 Å². The molecule has 2 fully saturated rings. The number of rotatable bonds is 12. The van der Waals surface area contributed by atoms with Crippen molar-refractivity contribution in [2.45, 2.75) is 18.9 Å². The van der Waals surface area contributed by atoms with Crippen molar-refractivity contribution in [3.05, 3.63) is 102 Å². The number of phenols is 1. The minimum atomic E-state index is -0.991. The number of hydrogen-bond acceptors (Lipinski definition) is 11. The highest BCUT2D eigenvalue weighted by molar-refractivity contribution is 7.22. The summed E-state index contributed by atoms with van der Waals surface area (Å²) in [4.78, 5) is 57.3. The lowest BCUT2D eigenvalue weighted by molar-refractivity contribution is -0.136. The first-order valence-electron chi connectivity index (χ1n) is 18.1. The van der Waals surface area contributed by atoms with Crippen molar-refractivity contribution in [1.82, 2.24) is 20.0 Å². The molecule has 5 aromatic rings. The minimum Gasteiger partial charge on any atom is -0.508 e. The van der Waals surface area contributed by atoms with Gasteiger partial charge in [0, 0.05) is 68.0 Å². The molecule has 1 atom stereocenters. The maximum Gasteiger partial charge on any atom is 0.264 e. The zero-order chi connectivity index (χ0) is 37.2. The summed E-state index contributed by atoms with van der Waals surface area (Å²) < 4.78 is 13.5. The summed E-state index contributed by atoms with van der Waals surface area (Å²) in [6.07, 6.45) is 0.206. The first kappa shape index (κ1) is 35.3. The summed E-state index contributed by atoms with van der Waals surface area (Å²) in [6.45, 7) is 6.29. The number of aromatic hydroxyl groups is 1. The number of nitrogens with one attached hydrogen (secondary N) is 2. The van der Waals surface area contributed by atoms with Crippen LogP contribution in [0.1, 0.15) is 33.6 Å². The van der Waals surface area contributed by atoms with Gasteiger partial charge in [-0.3, -0.25) is 39.2 Å². The Bertz CT molecular complexity index is 2220. The van der Waals surface area contributed by atoms with Crippen LogP contribution in [0.25, 0.3) is 20.5 Å². The molecule has 3 aliphatic rings. The molecule has 2 saturated heterocycles. The summed E-state index contributed by atoms with van der Waals surface area (Å²) in [5.41, 5.74) is 2.16. The Kier molecular flexibility index (Phi) is 10.00. The van der Waals surface area contributed by atoms with Crippen molar-refractivity contribution in [1.29, 1.82) is 0 Å². The number of nitrogens with zero attached hydrogens (tertiary/aromatic N) is 3. The number of carbonyl (C=O) groups is 4. The SMILES string of the molecule is O=C1CCC(N2C(=O)c3cccc(NCCN4CCN(CCOc5ccc(Oc6c(-c7ccccc7)sc7cc(O)ccc67)cc5)CC4)c3C2=O)C(=O)N1. The summed E-state index contributed by atoms with van der Waals surface area (Å²) in [7, 11) is 0. The largest absolute Gasteiger partial charge is 0.508 e. The van der Waals surface area contributed by atoms with Gasteiger partial charge in [0.2, 0.25) is 11.8 Å². The summed E-state index contributed by atoms with van der Waals surface area (Å²) in [5, 5.41) is 16.6. The standard InChI is InChI=1S/C41H39N5O7S/c47-27-9-14-30-34(25-27)54-38(26-5-2-1-3-6-26)37(30)53-29-12-10-28(11-13-29)52-24-23-45-21-19-44(20-22-45)18-17-42-32-8-4-7-31-36(32)41(51)46(40(31)50)33-15-16-35(48)43-39(33)49/h1-14,25,33,42,47H,15-24H2,(H,43,48,49). The third kappa shape index (κ3) is 7.25.